The van der Waals surface area contributed by atoms with Crippen LogP contribution in [0.15, 0.2) is 24.3 Å². The van der Waals surface area contributed by atoms with Crippen LogP contribution in [0.4, 0.5) is 0 Å². The fourth-order valence-corrected chi connectivity index (χ4v) is 2.99. The van der Waals surface area contributed by atoms with Gasteiger partial charge in [-0.15, -0.1) is 0 Å². The van der Waals surface area contributed by atoms with Crippen molar-refractivity contribution in [2.24, 2.45) is 0 Å². The van der Waals surface area contributed by atoms with Gasteiger partial charge >= 0.3 is 0 Å². The van der Waals surface area contributed by atoms with Crippen LogP contribution >= 0.6 is 0 Å². The number of benzene rings is 1. The summed E-state index contributed by atoms with van der Waals surface area (Å²) in [6.45, 7) is 1.88. The highest BCUT2D eigenvalue weighted by molar-refractivity contribution is 5.32. The molecule has 0 radical (unpaired) electrons. The van der Waals surface area contributed by atoms with Gasteiger partial charge in [-0.1, -0.05) is 24.3 Å². The Hall–Kier alpha value is -0.900. The molecule has 3 heteroatoms. The zero-order valence-corrected chi connectivity index (χ0v) is 12.3. The third-order valence-electron chi connectivity index (χ3n) is 4.01. The van der Waals surface area contributed by atoms with Gasteiger partial charge in [0.2, 0.25) is 0 Å². The van der Waals surface area contributed by atoms with E-state index >= 15 is 0 Å². The molecule has 0 fully saturated rings. The lowest BCUT2D eigenvalue weighted by molar-refractivity contribution is -0.114. The largest absolute Gasteiger partial charge is 0.355 e. The number of ether oxygens (including phenoxy) is 2. The molecule has 0 bridgehead atoms. The van der Waals surface area contributed by atoms with Crippen LogP contribution in [0, 0.1) is 0 Å². The highest BCUT2D eigenvalue weighted by atomic mass is 16.7. The highest BCUT2D eigenvalue weighted by Gasteiger charge is 2.21. The van der Waals surface area contributed by atoms with E-state index in [-0.39, 0.29) is 6.29 Å². The maximum atomic E-state index is 5.26. The summed E-state index contributed by atoms with van der Waals surface area (Å²) >= 11 is 0. The minimum Gasteiger partial charge on any atom is -0.355 e. The molecular weight excluding hydrogens is 238 g/mol. The van der Waals surface area contributed by atoms with E-state index in [9.17, 15) is 0 Å². The Morgan fingerprint density at radius 1 is 1.26 bits per heavy atom. The molecule has 0 saturated carbocycles. The molecule has 0 spiro atoms. The molecule has 0 N–H and O–H groups in total. The fourth-order valence-electron chi connectivity index (χ4n) is 2.99. The van der Waals surface area contributed by atoms with E-state index in [1.165, 1.54) is 30.4 Å². The topological polar surface area (TPSA) is 21.7 Å². The van der Waals surface area contributed by atoms with E-state index in [0.717, 1.165) is 13.1 Å². The first-order valence-electron chi connectivity index (χ1n) is 7.06. The standard InChI is InChI=1S/C16H25NO2/c1-17(12-16(18-2)19-3)11-14-9-6-8-13-7-4-5-10-15(13)14/h4-5,7,10,14,16H,6,8-9,11-12H2,1-3H3. The zero-order valence-electron chi connectivity index (χ0n) is 12.3. The molecule has 0 aromatic heterocycles. The van der Waals surface area contributed by atoms with E-state index < -0.39 is 0 Å². The number of likely N-dealkylation sites (N-methyl/N-ethyl adjacent to an activating group) is 1. The van der Waals surface area contributed by atoms with Crippen molar-refractivity contribution in [3.63, 3.8) is 0 Å². The molecule has 0 heterocycles. The molecule has 19 heavy (non-hydrogen) atoms. The Morgan fingerprint density at radius 3 is 2.74 bits per heavy atom. The van der Waals surface area contributed by atoms with Gasteiger partial charge in [0.05, 0.1) is 0 Å². The van der Waals surface area contributed by atoms with Crippen LogP contribution in [0.5, 0.6) is 0 Å². The summed E-state index contributed by atoms with van der Waals surface area (Å²) in [5.41, 5.74) is 3.06. The van der Waals surface area contributed by atoms with Crippen LogP contribution in [0.2, 0.25) is 0 Å². The third kappa shape index (κ3) is 3.78. The molecule has 1 aromatic carbocycles. The molecule has 1 aliphatic carbocycles. The second-order valence-electron chi connectivity index (χ2n) is 5.41. The predicted octanol–water partition coefficient (Wildman–Crippen LogP) is 2.66. The average molecular weight is 263 g/mol. The predicted molar refractivity (Wildman–Crippen MR) is 77.4 cm³/mol. The normalized spacial score (nSPS) is 18.9. The van der Waals surface area contributed by atoms with E-state index in [1.807, 2.05) is 0 Å². The van der Waals surface area contributed by atoms with E-state index in [4.69, 9.17) is 9.47 Å². The van der Waals surface area contributed by atoms with Gasteiger partial charge in [0.1, 0.15) is 0 Å². The van der Waals surface area contributed by atoms with E-state index in [2.05, 4.69) is 36.2 Å². The number of fused-ring (bicyclic) bond motifs is 1. The molecule has 0 aliphatic heterocycles. The van der Waals surface area contributed by atoms with Crippen LogP contribution in [0.25, 0.3) is 0 Å². The summed E-state index contributed by atoms with van der Waals surface area (Å²) in [4.78, 5) is 2.31. The summed E-state index contributed by atoms with van der Waals surface area (Å²) < 4.78 is 10.5. The number of rotatable bonds is 6. The molecule has 2 rings (SSSR count). The van der Waals surface area contributed by atoms with Crippen molar-refractivity contribution >= 4 is 0 Å². The number of hydrogen-bond acceptors (Lipinski definition) is 3. The first-order chi connectivity index (χ1) is 9.24. The highest BCUT2D eigenvalue weighted by Crippen LogP contribution is 2.31. The van der Waals surface area contributed by atoms with Crippen LogP contribution in [-0.2, 0) is 15.9 Å². The number of aryl methyl sites for hydroxylation is 1. The molecule has 106 valence electrons. The monoisotopic (exact) mass is 263 g/mol. The summed E-state index contributed by atoms with van der Waals surface area (Å²) in [6.07, 6.45) is 3.68. The van der Waals surface area contributed by atoms with Gasteiger partial charge in [-0.05, 0) is 43.4 Å². The molecule has 1 aliphatic rings. The third-order valence-corrected chi connectivity index (χ3v) is 4.01. The maximum Gasteiger partial charge on any atom is 0.169 e. The average Bonchev–Trinajstić information content (AvgIpc) is 2.45. The quantitative estimate of drug-likeness (QED) is 0.737. The number of nitrogens with zero attached hydrogens (tertiary/aromatic N) is 1. The van der Waals surface area contributed by atoms with E-state index in [0.29, 0.717) is 5.92 Å². The van der Waals surface area contributed by atoms with Crippen molar-refractivity contribution in [2.45, 2.75) is 31.5 Å². The number of methoxy groups -OCH3 is 2. The Labute approximate surface area is 116 Å². The zero-order chi connectivity index (χ0) is 13.7. The van der Waals surface area contributed by atoms with Crippen LogP contribution in [0.1, 0.15) is 29.9 Å². The lowest BCUT2D eigenvalue weighted by Gasteiger charge is -2.30. The number of hydrogen-bond donors (Lipinski definition) is 0. The summed E-state index contributed by atoms with van der Waals surface area (Å²) in [6, 6.07) is 8.87. The molecular formula is C16H25NO2. The second-order valence-corrected chi connectivity index (χ2v) is 5.41. The SMILES string of the molecule is COC(CN(C)CC1CCCc2ccccc21)OC. The molecule has 0 amide bonds. The molecule has 0 saturated heterocycles. The van der Waals surface area contributed by atoms with Gasteiger partial charge in [0, 0.05) is 27.3 Å². The van der Waals surface area contributed by atoms with Gasteiger partial charge in [0.15, 0.2) is 6.29 Å². The summed E-state index contributed by atoms with van der Waals surface area (Å²) in [5, 5.41) is 0. The smallest absolute Gasteiger partial charge is 0.169 e. The van der Waals surface area contributed by atoms with Crippen molar-refractivity contribution < 1.29 is 9.47 Å². The fraction of sp³-hybridized carbons (Fsp3) is 0.625. The Morgan fingerprint density at radius 2 is 2.00 bits per heavy atom. The second kappa shape index (κ2) is 7.04. The van der Waals surface area contributed by atoms with E-state index in [1.54, 1.807) is 14.2 Å². The minimum absolute atomic E-state index is 0.135. The minimum atomic E-state index is -0.135. The van der Waals surface area contributed by atoms with Gasteiger partial charge in [-0.2, -0.15) is 0 Å². The first kappa shape index (κ1) is 14.5. The van der Waals surface area contributed by atoms with Crippen molar-refractivity contribution in [3.8, 4) is 0 Å². The van der Waals surface area contributed by atoms with Crippen molar-refractivity contribution in [2.75, 3.05) is 34.4 Å². The Balaban J connectivity index is 1.96. The lowest BCUT2D eigenvalue weighted by atomic mass is 9.82. The molecule has 1 atom stereocenters. The lowest BCUT2D eigenvalue weighted by Crippen LogP contribution is -2.35. The van der Waals surface area contributed by atoms with Gasteiger partial charge in [-0.25, -0.2) is 0 Å². The molecule has 1 unspecified atom stereocenters. The van der Waals surface area contributed by atoms with Gasteiger partial charge in [0.25, 0.3) is 0 Å². The molecule has 3 nitrogen and oxygen atoms in total. The van der Waals surface area contributed by atoms with Crippen molar-refractivity contribution in [1.82, 2.24) is 4.90 Å². The van der Waals surface area contributed by atoms with Crippen LogP contribution in [-0.4, -0.2) is 45.5 Å². The Kier molecular flexibility index (Phi) is 5.37. The first-order valence-corrected chi connectivity index (χ1v) is 7.06. The van der Waals surface area contributed by atoms with Crippen molar-refractivity contribution in [3.05, 3.63) is 35.4 Å². The van der Waals surface area contributed by atoms with Crippen LogP contribution in [0.3, 0.4) is 0 Å². The molecule has 1 aromatic rings. The Bertz CT molecular complexity index is 390. The van der Waals surface area contributed by atoms with Gasteiger partial charge < -0.3 is 14.4 Å². The van der Waals surface area contributed by atoms with Gasteiger partial charge in [-0.3, -0.25) is 0 Å². The maximum absolute atomic E-state index is 5.26. The summed E-state index contributed by atoms with van der Waals surface area (Å²) in [7, 11) is 5.53. The van der Waals surface area contributed by atoms with Crippen molar-refractivity contribution in [1.29, 1.82) is 0 Å². The summed E-state index contributed by atoms with van der Waals surface area (Å²) in [5.74, 6) is 0.643. The van der Waals surface area contributed by atoms with Crippen LogP contribution < -0.4 is 0 Å².